The third kappa shape index (κ3) is 7.89. The Bertz CT molecular complexity index is 2810. The van der Waals surface area contributed by atoms with Crippen molar-refractivity contribution in [3.8, 4) is 11.4 Å². The molecule has 0 N–H and O–H groups in total. The van der Waals surface area contributed by atoms with Gasteiger partial charge in [0.1, 0.15) is 0 Å². The molecule has 1 aliphatic heterocycles. The van der Waals surface area contributed by atoms with Crippen LogP contribution in [0.4, 0.5) is 11.4 Å². The molecule has 0 aliphatic carbocycles. The Morgan fingerprint density at radius 2 is 0.576 bits per heavy atom. The summed E-state index contributed by atoms with van der Waals surface area (Å²) < 4.78 is 6.14. The molecule has 9 rings (SSSR count). The predicted molar refractivity (Wildman–Crippen MR) is 285 cm³/mol. The van der Waals surface area contributed by atoms with Crippen molar-refractivity contribution in [3.05, 3.63) is 144 Å². The van der Waals surface area contributed by atoms with Crippen LogP contribution in [0.1, 0.15) is 105 Å². The minimum atomic E-state index is 0.0337. The second-order valence-corrected chi connectivity index (χ2v) is 24.4. The first-order chi connectivity index (χ1) is 30.8. The topological polar surface area (TPSA) is 22.8 Å². The summed E-state index contributed by atoms with van der Waals surface area (Å²) in [6, 6.07) is 46.8. The van der Waals surface area contributed by atoms with E-state index in [0.29, 0.717) is 0 Å². The molecule has 66 heavy (non-hydrogen) atoms. The molecular weight excluding hydrogens is 985 g/mol. The van der Waals surface area contributed by atoms with Crippen LogP contribution in [0.5, 0.6) is 0 Å². The Kier molecular flexibility index (Phi) is 11.3. The molecule has 0 saturated carbocycles. The van der Waals surface area contributed by atoms with E-state index < -0.39 is 0 Å². The zero-order chi connectivity index (χ0) is 47.6. The molecule has 0 radical (unpaired) electrons. The van der Waals surface area contributed by atoms with Crippen molar-refractivity contribution >= 4 is 72.9 Å². The number of anilines is 2. The molecular formula is C57H68B2N6Pt. The molecule has 2 aromatic heterocycles. The number of hydrogen-bond acceptors (Lipinski definition) is 4. The maximum atomic E-state index is 2.57. The van der Waals surface area contributed by atoms with Gasteiger partial charge >= 0.3 is 409 Å². The Hall–Kier alpha value is -4.87. The summed E-state index contributed by atoms with van der Waals surface area (Å²) in [5.41, 5.74) is 15.1. The molecule has 1 saturated heterocycles. The fourth-order valence-electron chi connectivity index (χ4n) is 10.1. The summed E-state index contributed by atoms with van der Waals surface area (Å²) >= 11 is 2.57. The van der Waals surface area contributed by atoms with Crippen molar-refractivity contribution in [3.63, 3.8) is 0 Å². The van der Waals surface area contributed by atoms with E-state index in [-0.39, 0.29) is 35.4 Å². The fraction of sp³-hybridized carbons (Fsp3) is 0.351. The summed E-state index contributed by atoms with van der Waals surface area (Å²) in [5.74, 6) is 0. The third-order valence-corrected chi connectivity index (χ3v) is 15.1. The van der Waals surface area contributed by atoms with Crippen LogP contribution in [-0.2, 0) is 41.0 Å². The van der Waals surface area contributed by atoms with E-state index in [0.717, 1.165) is 26.9 Å². The number of aromatic nitrogens is 2. The van der Waals surface area contributed by atoms with E-state index in [4.69, 9.17) is 0 Å². The van der Waals surface area contributed by atoms with Crippen LogP contribution in [0.15, 0.2) is 121 Å². The Morgan fingerprint density at radius 1 is 0.348 bits per heavy atom. The van der Waals surface area contributed by atoms with Gasteiger partial charge in [0.15, 0.2) is 0 Å². The zero-order valence-electron chi connectivity index (χ0n) is 42.2. The van der Waals surface area contributed by atoms with Crippen LogP contribution in [-0.4, -0.2) is 64.8 Å². The maximum absolute atomic E-state index is 2.57. The van der Waals surface area contributed by atoms with Gasteiger partial charge in [0.2, 0.25) is 0 Å². The first kappa shape index (κ1) is 46.2. The van der Waals surface area contributed by atoms with Gasteiger partial charge in [-0.05, 0) is 0 Å². The molecule has 0 bridgehead atoms. The van der Waals surface area contributed by atoms with E-state index in [1.54, 1.807) is 0 Å². The van der Waals surface area contributed by atoms with Crippen LogP contribution in [0, 0.1) is 0 Å². The SMILES string of the molecule is CN(C)B1B(N(C)C)N(c2ccc(-n3c4cc(C(C)(C)C)ccc4c4ccc(C(C)(C)C)cc43)cc2)[C](=[Pt])N1c1ccc(-n2c3cc(C(C)(C)C)ccc3c3ccc(C(C)(C)C)cc32)cc1. The minimum absolute atomic E-state index is 0.0337. The van der Waals surface area contributed by atoms with E-state index in [9.17, 15) is 0 Å². The average Bonchev–Trinajstić information content (AvgIpc) is 3.86. The van der Waals surface area contributed by atoms with Gasteiger partial charge < -0.3 is 0 Å². The average molecular weight is 1050 g/mol. The number of fused-ring (bicyclic) bond motifs is 6. The molecule has 342 valence electrons. The fourth-order valence-corrected chi connectivity index (χ4v) is 11.3. The second kappa shape index (κ2) is 16.1. The van der Waals surface area contributed by atoms with E-state index in [1.807, 2.05) is 0 Å². The van der Waals surface area contributed by atoms with E-state index in [1.165, 1.54) is 65.9 Å². The molecule has 0 unspecified atom stereocenters. The molecule has 1 fully saturated rings. The number of rotatable bonds is 6. The number of nitrogens with zero attached hydrogens (tertiary/aromatic N) is 6. The second-order valence-electron chi connectivity index (χ2n) is 23.4. The van der Waals surface area contributed by atoms with Crippen molar-refractivity contribution < 1.29 is 19.4 Å². The van der Waals surface area contributed by atoms with Crippen LogP contribution in [0.2, 0.25) is 0 Å². The van der Waals surface area contributed by atoms with Gasteiger partial charge in [0.25, 0.3) is 0 Å². The molecule has 8 aromatic rings. The molecule has 0 atom stereocenters. The van der Waals surface area contributed by atoms with Gasteiger partial charge in [0.05, 0.1) is 0 Å². The standard InChI is InChI=1S/C57H68B2N6.Pt/c1-54(2,3)38-17-29-46-47-30-18-39(55(4,5)6)34-51(47)64(50(46)33-38)44-25-21-42(22-26-44)62-37-63(59(61(15)16)58(62)60(13)14)43-23-27-45(28-24-43)65-52-35-40(56(7,8)9)19-31-48(52)49-32-20-41(36-53(49)65)57(10,11)12;/h17-36H,1-16H3;. The van der Waals surface area contributed by atoms with Gasteiger partial charge in [-0.2, -0.15) is 0 Å². The Balaban J connectivity index is 1.13. The molecule has 0 amide bonds. The van der Waals surface area contributed by atoms with Gasteiger partial charge in [0, 0.05) is 0 Å². The summed E-state index contributed by atoms with van der Waals surface area (Å²) in [6.45, 7) is 27.7. The number of benzene rings is 6. The first-order valence-corrected chi connectivity index (χ1v) is 24.8. The molecule has 9 heteroatoms. The summed E-state index contributed by atoms with van der Waals surface area (Å²) in [5, 5.41) is 5.15. The van der Waals surface area contributed by atoms with Crippen molar-refractivity contribution in [2.45, 2.75) is 105 Å². The van der Waals surface area contributed by atoms with Crippen molar-refractivity contribution in [2.75, 3.05) is 37.8 Å². The molecule has 1 aliphatic rings. The van der Waals surface area contributed by atoms with Gasteiger partial charge in [-0.3, -0.25) is 0 Å². The first-order valence-electron chi connectivity index (χ1n) is 23.6. The predicted octanol–water partition coefficient (Wildman–Crippen LogP) is 13.2. The summed E-state index contributed by atoms with van der Waals surface area (Å²) in [6.07, 6.45) is 0. The molecule has 6 nitrogen and oxygen atoms in total. The third-order valence-electron chi connectivity index (χ3n) is 14.0. The van der Waals surface area contributed by atoms with Crippen molar-refractivity contribution in [1.82, 2.24) is 18.8 Å². The van der Waals surface area contributed by atoms with E-state index >= 15 is 0 Å². The Labute approximate surface area is 406 Å². The summed E-state index contributed by atoms with van der Waals surface area (Å²) in [4.78, 5) is 9.75. The van der Waals surface area contributed by atoms with Crippen molar-refractivity contribution in [1.29, 1.82) is 0 Å². The quantitative estimate of drug-likeness (QED) is 0.155. The van der Waals surface area contributed by atoms with Gasteiger partial charge in [-0.1, -0.05) is 0 Å². The monoisotopic (exact) mass is 1050 g/mol. The van der Waals surface area contributed by atoms with Gasteiger partial charge in [-0.15, -0.1) is 0 Å². The number of hydrogen-bond donors (Lipinski definition) is 0. The van der Waals surface area contributed by atoms with Crippen LogP contribution >= 0.6 is 0 Å². The van der Waals surface area contributed by atoms with E-state index in [2.05, 4.69) is 280 Å². The Morgan fingerprint density at radius 3 is 0.788 bits per heavy atom. The molecule has 0 spiro atoms. The normalized spacial score (nSPS) is 14.6. The zero-order valence-corrected chi connectivity index (χ0v) is 44.5. The molecule has 3 heterocycles. The van der Waals surface area contributed by atoms with Crippen molar-refractivity contribution in [2.24, 2.45) is 0 Å². The van der Waals surface area contributed by atoms with Crippen LogP contribution in [0.3, 0.4) is 0 Å². The molecule has 6 aromatic carbocycles. The van der Waals surface area contributed by atoms with Gasteiger partial charge in [-0.25, -0.2) is 0 Å². The van der Waals surface area contributed by atoms with Crippen LogP contribution < -0.4 is 9.62 Å². The summed E-state index contributed by atoms with van der Waals surface area (Å²) in [7, 11) is 8.82. The van der Waals surface area contributed by atoms with Crippen LogP contribution in [0.25, 0.3) is 55.0 Å².